The van der Waals surface area contributed by atoms with Crippen molar-refractivity contribution < 1.29 is 23.9 Å². The molecular weight excluding hydrogens is 360 g/mol. The zero-order valence-corrected chi connectivity index (χ0v) is 14.2. The minimum absolute atomic E-state index is 0.0494. The van der Waals surface area contributed by atoms with Gasteiger partial charge < -0.3 is 14.2 Å². The highest BCUT2D eigenvalue weighted by molar-refractivity contribution is 7.16. The van der Waals surface area contributed by atoms with Crippen LogP contribution in [0.2, 0.25) is 0 Å². The van der Waals surface area contributed by atoms with Crippen molar-refractivity contribution in [3.8, 4) is 5.75 Å². The van der Waals surface area contributed by atoms with E-state index in [0.717, 1.165) is 10.2 Å². The quantitative estimate of drug-likeness (QED) is 0.393. The van der Waals surface area contributed by atoms with E-state index in [-0.39, 0.29) is 25.7 Å². The monoisotopic (exact) mass is 372 g/mol. The zero-order valence-electron chi connectivity index (χ0n) is 13.3. The fourth-order valence-corrected chi connectivity index (χ4v) is 3.42. The van der Waals surface area contributed by atoms with Crippen LogP contribution >= 0.6 is 11.3 Å². The van der Waals surface area contributed by atoms with Crippen LogP contribution in [0.3, 0.4) is 0 Å². The first-order valence-corrected chi connectivity index (χ1v) is 8.51. The fraction of sp³-hybridized carbons (Fsp3) is 0.176. The third-order valence-corrected chi connectivity index (χ3v) is 4.70. The summed E-state index contributed by atoms with van der Waals surface area (Å²) in [7, 11) is 0. The molecule has 0 aliphatic carbocycles. The first-order valence-electron chi connectivity index (χ1n) is 7.63. The lowest BCUT2D eigenvalue weighted by molar-refractivity contribution is -0.385. The Kier molecular flexibility index (Phi) is 4.23. The third kappa shape index (κ3) is 3.09. The summed E-state index contributed by atoms with van der Waals surface area (Å²) in [6, 6.07) is 7.85. The lowest BCUT2D eigenvalue weighted by Gasteiger charge is -2.20. The summed E-state index contributed by atoms with van der Waals surface area (Å²) in [5, 5.41) is 11.1. The maximum absolute atomic E-state index is 12.3. The van der Waals surface area contributed by atoms with E-state index < -0.39 is 10.9 Å². The van der Waals surface area contributed by atoms with Crippen LogP contribution in [0, 0.1) is 10.1 Å². The number of esters is 1. The van der Waals surface area contributed by atoms with Gasteiger partial charge in [0.1, 0.15) is 12.4 Å². The van der Waals surface area contributed by atoms with Crippen LogP contribution in [-0.4, -0.2) is 22.7 Å². The number of nitrogens with zero attached hydrogens (tertiary/aromatic N) is 2. The van der Waals surface area contributed by atoms with Gasteiger partial charge in [0.2, 0.25) is 0 Å². The second-order valence-electron chi connectivity index (χ2n) is 5.57. The van der Waals surface area contributed by atoms with E-state index in [1.54, 1.807) is 23.7 Å². The molecule has 0 fully saturated rings. The fourth-order valence-electron chi connectivity index (χ4n) is 2.70. The Bertz CT molecular complexity index is 1020. The smallest absolute Gasteiger partial charge is 0.338 e. The SMILES string of the molecule is O=C(OCc1cc([N+](=O)[O-])cc2c1OCOC2)c1ccc2ncsc2c1. The zero-order chi connectivity index (χ0) is 18.1. The molecule has 0 unspecified atom stereocenters. The molecule has 0 radical (unpaired) electrons. The van der Waals surface area contributed by atoms with Gasteiger partial charge in [0.15, 0.2) is 6.79 Å². The van der Waals surface area contributed by atoms with E-state index in [4.69, 9.17) is 14.2 Å². The molecule has 2 heterocycles. The third-order valence-electron chi connectivity index (χ3n) is 3.91. The molecule has 0 saturated carbocycles. The molecule has 1 aromatic heterocycles. The number of non-ortho nitro benzene ring substituents is 1. The number of fused-ring (bicyclic) bond motifs is 2. The molecule has 26 heavy (non-hydrogen) atoms. The minimum Gasteiger partial charge on any atom is -0.467 e. The summed E-state index contributed by atoms with van der Waals surface area (Å²) in [5.74, 6) is -0.0554. The highest BCUT2D eigenvalue weighted by Gasteiger charge is 2.22. The number of nitro groups is 1. The van der Waals surface area contributed by atoms with Crippen LogP contribution < -0.4 is 4.74 Å². The molecule has 4 rings (SSSR count). The van der Waals surface area contributed by atoms with Crippen molar-refractivity contribution in [2.45, 2.75) is 13.2 Å². The van der Waals surface area contributed by atoms with Crippen LogP contribution in [-0.2, 0) is 22.7 Å². The van der Waals surface area contributed by atoms with Crippen LogP contribution in [0.5, 0.6) is 5.75 Å². The Hall–Kier alpha value is -3.04. The Labute approximate surface area is 151 Å². The van der Waals surface area contributed by atoms with E-state index in [0.29, 0.717) is 22.4 Å². The summed E-state index contributed by atoms with van der Waals surface area (Å²) in [5.41, 5.74) is 3.80. The Morgan fingerprint density at radius 2 is 2.23 bits per heavy atom. The maximum Gasteiger partial charge on any atom is 0.338 e. The van der Waals surface area contributed by atoms with Crippen molar-refractivity contribution >= 4 is 33.2 Å². The summed E-state index contributed by atoms with van der Waals surface area (Å²) in [6.45, 7) is 0.122. The molecule has 3 aromatic rings. The van der Waals surface area contributed by atoms with Gasteiger partial charge in [-0.15, -0.1) is 11.3 Å². The number of nitro benzene ring substituents is 1. The van der Waals surface area contributed by atoms with Crippen molar-refractivity contribution in [2.24, 2.45) is 0 Å². The molecule has 9 heteroatoms. The van der Waals surface area contributed by atoms with Gasteiger partial charge in [0, 0.05) is 23.3 Å². The van der Waals surface area contributed by atoms with E-state index in [2.05, 4.69) is 4.98 Å². The normalized spacial score (nSPS) is 13.1. The van der Waals surface area contributed by atoms with Crippen LogP contribution in [0.15, 0.2) is 35.8 Å². The van der Waals surface area contributed by atoms with Gasteiger partial charge in [-0.1, -0.05) is 0 Å². The van der Waals surface area contributed by atoms with Crippen LogP contribution in [0.25, 0.3) is 10.2 Å². The minimum atomic E-state index is -0.521. The van der Waals surface area contributed by atoms with Gasteiger partial charge in [-0.05, 0) is 18.2 Å². The van der Waals surface area contributed by atoms with E-state index in [9.17, 15) is 14.9 Å². The van der Waals surface area contributed by atoms with Gasteiger partial charge in [-0.25, -0.2) is 9.78 Å². The van der Waals surface area contributed by atoms with Crippen molar-refractivity contribution in [2.75, 3.05) is 6.79 Å². The first-order chi connectivity index (χ1) is 12.6. The number of hydrogen-bond donors (Lipinski definition) is 0. The van der Waals surface area contributed by atoms with Gasteiger partial charge in [-0.3, -0.25) is 10.1 Å². The highest BCUT2D eigenvalue weighted by Crippen LogP contribution is 2.33. The first kappa shape index (κ1) is 16.4. The topological polar surface area (TPSA) is 101 Å². The molecule has 1 aliphatic rings. The molecule has 0 amide bonds. The molecular formula is C17H12N2O6S. The maximum atomic E-state index is 12.3. The molecule has 2 aromatic carbocycles. The predicted octanol–water partition coefficient (Wildman–Crippen LogP) is 3.43. The number of thiazole rings is 1. The standard InChI is InChI=1S/C17H12N2O6S/c20-17(10-1-2-14-15(5-10)26-8-18-14)24-7-12-4-13(19(21)22)3-11-6-23-9-25-16(11)12/h1-5,8H,6-7,9H2. The number of rotatable bonds is 4. The molecule has 0 N–H and O–H groups in total. The molecule has 8 nitrogen and oxygen atoms in total. The van der Waals surface area contributed by atoms with Gasteiger partial charge in [-0.2, -0.15) is 0 Å². The molecule has 0 bridgehead atoms. The van der Waals surface area contributed by atoms with Crippen molar-refractivity contribution in [3.63, 3.8) is 0 Å². The number of carbonyl (C=O) groups is 1. The van der Waals surface area contributed by atoms with E-state index >= 15 is 0 Å². The largest absolute Gasteiger partial charge is 0.467 e. The second kappa shape index (κ2) is 6.70. The lowest BCUT2D eigenvalue weighted by atomic mass is 10.1. The Balaban J connectivity index is 1.57. The second-order valence-corrected chi connectivity index (χ2v) is 6.46. The van der Waals surface area contributed by atoms with Crippen molar-refractivity contribution in [1.82, 2.24) is 4.98 Å². The van der Waals surface area contributed by atoms with E-state index in [1.165, 1.54) is 23.5 Å². The number of benzene rings is 2. The summed E-state index contributed by atoms with van der Waals surface area (Å²) >= 11 is 1.43. The number of ether oxygens (including phenoxy) is 3. The predicted molar refractivity (Wildman–Crippen MR) is 92.1 cm³/mol. The van der Waals surface area contributed by atoms with Gasteiger partial charge >= 0.3 is 5.97 Å². The van der Waals surface area contributed by atoms with Crippen LogP contribution in [0.1, 0.15) is 21.5 Å². The summed E-state index contributed by atoms with van der Waals surface area (Å²) in [6.07, 6.45) is 0. The summed E-state index contributed by atoms with van der Waals surface area (Å²) in [4.78, 5) is 27.1. The van der Waals surface area contributed by atoms with Crippen molar-refractivity contribution in [1.29, 1.82) is 0 Å². The van der Waals surface area contributed by atoms with Gasteiger partial charge in [0.05, 0.1) is 32.8 Å². The number of carbonyl (C=O) groups excluding carboxylic acids is 1. The molecule has 132 valence electrons. The average Bonchev–Trinajstić information content (AvgIpc) is 3.13. The Morgan fingerprint density at radius 1 is 1.35 bits per heavy atom. The molecule has 0 atom stereocenters. The van der Waals surface area contributed by atoms with Crippen molar-refractivity contribution in [3.05, 3.63) is 62.6 Å². The van der Waals surface area contributed by atoms with E-state index in [1.807, 2.05) is 0 Å². The highest BCUT2D eigenvalue weighted by atomic mass is 32.1. The molecule has 0 saturated heterocycles. The molecule has 1 aliphatic heterocycles. The van der Waals surface area contributed by atoms with Crippen LogP contribution in [0.4, 0.5) is 5.69 Å². The number of hydrogen-bond acceptors (Lipinski definition) is 8. The lowest BCUT2D eigenvalue weighted by Crippen LogP contribution is -2.15. The molecule has 0 spiro atoms. The van der Waals surface area contributed by atoms with Gasteiger partial charge in [0.25, 0.3) is 5.69 Å². The average molecular weight is 372 g/mol. The number of aromatic nitrogens is 1. The summed E-state index contributed by atoms with van der Waals surface area (Å²) < 4.78 is 16.8. The Morgan fingerprint density at radius 3 is 3.08 bits per heavy atom.